The third kappa shape index (κ3) is 16.2. The Labute approximate surface area is 736 Å². The number of hydrogen-bond donors (Lipinski definition) is 12. The summed E-state index contributed by atoms with van der Waals surface area (Å²) in [5.74, 6) is -5.54. The van der Waals surface area contributed by atoms with Crippen LogP contribution in [0.15, 0.2) is 83.4 Å². The number of aliphatic hydroxyl groups excluding tert-OH is 2. The highest BCUT2D eigenvalue weighted by molar-refractivity contribution is 7.54. The molecule has 682 valence electrons. The molecule has 10 aliphatic rings. The molecule has 7 aliphatic heterocycles. The number of phenolic OH excluding ortho intramolecular Hbond substituents is 2. The number of esters is 3. The largest absolute Gasteiger partial charge is 0.507 e. The first kappa shape index (κ1) is 94.2. The number of ketones is 3. The molecule has 5 fully saturated rings. The number of nitrogens with one attached hydrogen (secondary N) is 3. The minimum absolute atomic E-state index is 0.0173. The highest BCUT2D eigenvalue weighted by Crippen LogP contribution is 2.70. The number of Topliss-reactive ketones (excluding diaryl/α,β-unsaturated/α-hetero) is 1. The van der Waals surface area contributed by atoms with Crippen molar-refractivity contribution in [1.29, 1.82) is 0 Å². The van der Waals surface area contributed by atoms with Crippen LogP contribution < -0.4 is 30.9 Å². The molecule has 3 aliphatic carbocycles. The highest BCUT2D eigenvalue weighted by atomic mass is 35.5. The number of carbonyl (C=O) groups is 8. The average molecular weight is 1810 g/mol. The predicted molar refractivity (Wildman–Crippen MR) is 457 cm³/mol. The Balaban J connectivity index is 0.000000174. The van der Waals surface area contributed by atoms with E-state index in [1.54, 1.807) is 25.7 Å². The Morgan fingerprint density at radius 2 is 1.59 bits per heavy atom. The van der Waals surface area contributed by atoms with Crippen LogP contribution in [0.25, 0.3) is 10.9 Å². The van der Waals surface area contributed by atoms with Gasteiger partial charge in [0.1, 0.15) is 40.6 Å². The SMILES string of the molecule is CC[C@]1(O)C[C@@H]2CN(CCc3c([nH]c4ccccc34)[C@@](C(=O)OC)(c3ccc4c(c3OC)N(C=O)[C@H]3[C@@](O)(C(=O)OC)[C@H](OC(C)=O)[C@]5(CC)C=CCN6CC[C@]43[C@@H]65)C2)C1.CN(C)N=Nc1nc[nH]c1C(N)=O.COc1cccc2c1C(=O)c1c(O)c3c(c(O)c1C2=O)C[C@@](O)(C(=O)CO)C[C@@H]3O[C@H]1C[C@H](N)[C@H](O)[C@H](C)O1.O=P1(N(CCCl)CCCl)NCCCO1. The molecule has 16 rings (SSSR count). The summed E-state index contributed by atoms with van der Waals surface area (Å²) in [5.41, 5.74) is 4.24. The molecule has 40 heteroatoms. The van der Waals surface area contributed by atoms with Crippen molar-refractivity contribution in [3.05, 3.63) is 135 Å². The zero-order valence-electron chi connectivity index (χ0n) is 71.8. The van der Waals surface area contributed by atoms with Gasteiger partial charge in [0.2, 0.25) is 23.6 Å². The number of imidazole rings is 1. The predicted octanol–water partition coefficient (Wildman–Crippen LogP) is 5.47. The Morgan fingerprint density at radius 1 is 0.873 bits per heavy atom. The molecule has 14 N–H and O–H groups in total. The Morgan fingerprint density at radius 3 is 2.21 bits per heavy atom. The monoisotopic (exact) mass is 1810 g/mol. The van der Waals surface area contributed by atoms with Gasteiger partial charge in [0.15, 0.2) is 29.7 Å². The molecule has 2 unspecified atom stereocenters. The fourth-order valence-corrected chi connectivity index (χ4v) is 23.8. The summed E-state index contributed by atoms with van der Waals surface area (Å²) in [4.78, 5) is 123. The van der Waals surface area contributed by atoms with Gasteiger partial charge in [-0.3, -0.25) is 52.9 Å². The summed E-state index contributed by atoms with van der Waals surface area (Å²) >= 11 is 11.2. The average Bonchev–Trinajstić information content (AvgIpc) is 1.46. The smallest absolute Gasteiger partial charge is 0.344 e. The molecule has 2 aromatic heterocycles. The molecule has 1 spiro atoms. The fraction of sp³-hybridized carbons (Fsp3) is 0.547. The van der Waals surface area contributed by atoms with Crippen LogP contribution in [0.1, 0.15) is 161 Å². The number of H-pyrrole nitrogens is 2. The minimum Gasteiger partial charge on any atom is -0.507 e. The highest BCUT2D eigenvalue weighted by Gasteiger charge is 2.81. The second-order valence-corrected chi connectivity index (χ2v) is 36.6. The topological polar surface area (TPSA) is 519 Å². The number of aromatic nitrogens is 3. The first-order valence-electron chi connectivity index (χ1n) is 41.8. The number of anilines is 1. The van der Waals surface area contributed by atoms with E-state index in [9.17, 15) is 73.9 Å². The number of primary amides is 1. The zero-order valence-corrected chi connectivity index (χ0v) is 74.2. The third-order valence-corrected chi connectivity index (χ3v) is 29.1. The summed E-state index contributed by atoms with van der Waals surface area (Å²) in [6.45, 7) is 11.0. The number of halogens is 2. The molecule has 1 saturated carbocycles. The van der Waals surface area contributed by atoms with Crippen molar-refractivity contribution in [3.8, 4) is 23.0 Å². The molecule has 6 aromatic rings. The molecule has 9 heterocycles. The fourth-order valence-electron chi connectivity index (χ4n) is 21.1. The molecule has 4 aromatic carbocycles. The maximum atomic E-state index is 15.2. The minimum atomic E-state index is -2.84. The van der Waals surface area contributed by atoms with Crippen LogP contribution in [0.5, 0.6) is 23.0 Å². The van der Waals surface area contributed by atoms with E-state index in [4.69, 9.17) is 72.4 Å². The number of benzene rings is 4. The van der Waals surface area contributed by atoms with Gasteiger partial charge >= 0.3 is 25.6 Å². The number of phenols is 2. The first-order valence-corrected chi connectivity index (χ1v) is 44.5. The van der Waals surface area contributed by atoms with Crippen molar-refractivity contribution < 1.29 is 116 Å². The van der Waals surface area contributed by atoms with Crippen LogP contribution in [-0.4, -0.2) is 297 Å². The lowest BCUT2D eigenvalue weighted by molar-refractivity contribution is -0.247. The van der Waals surface area contributed by atoms with Gasteiger partial charge in [0.25, 0.3) is 5.91 Å². The quantitative estimate of drug-likeness (QED) is 0.00488. The number of nitrogens with zero attached hydrogens (tertiary/aromatic N) is 8. The Bertz CT molecular complexity index is 5280. The van der Waals surface area contributed by atoms with Crippen LogP contribution in [0.4, 0.5) is 11.5 Å². The number of para-hydroxylation sites is 1. The van der Waals surface area contributed by atoms with Crippen molar-refractivity contribution in [2.24, 2.45) is 33.1 Å². The number of ether oxygens (including phenoxy) is 7. The van der Waals surface area contributed by atoms with Gasteiger partial charge in [-0.25, -0.2) is 19.5 Å². The van der Waals surface area contributed by atoms with Crippen molar-refractivity contribution in [2.45, 2.75) is 168 Å². The van der Waals surface area contributed by atoms with E-state index in [-0.39, 0.29) is 64.0 Å². The number of aromatic amines is 2. The summed E-state index contributed by atoms with van der Waals surface area (Å²) in [6.07, 6.45) is 2.90. The van der Waals surface area contributed by atoms with E-state index in [0.29, 0.717) is 125 Å². The number of amides is 2. The Kier molecular flexibility index (Phi) is 27.9. The number of aromatic hydroxyl groups is 2. The normalized spacial score (nSPS) is 30.8. The van der Waals surface area contributed by atoms with Gasteiger partial charge in [-0.2, -0.15) is 0 Å². The molecule has 2 bridgehead atoms. The van der Waals surface area contributed by atoms with Crippen LogP contribution >= 0.6 is 30.9 Å². The van der Waals surface area contributed by atoms with Crippen molar-refractivity contribution >= 4 is 101 Å². The summed E-state index contributed by atoms with van der Waals surface area (Å²) in [7, 11) is 5.95. The van der Waals surface area contributed by atoms with Crippen LogP contribution in [0, 0.1) is 11.3 Å². The molecule has 17 atom stereocenters. The van der Waals surface area contributed by atoms with Gasteiger partial charge in [0.05, 0.1) is 93.7 Å². The second kappa shape index (κ2) is 37.4. The standard InChI is InChI=1S/C46H56N4O10.C27H29NO11.C7H15Cl2N2O2P.C6H10N6O/c1-7-42(55)22-28-23-45(40(53)58-5,36-30(16-20-48(24-28)25-42)29-12-9-10-13-33(29)47-36)32-15-14-31-34(35(32)57-4)50(26-51)38-44(31)18-21-49-19-11-17-43(8-2,37(44)49)39(60-27(3)52)46(38,56)41(54)59-6;1-10-22(31)13(28)6-17(38-10)39-15-8-27(36,16(30)9-29)7-12-19(15)26(35)21-20(24(12)33)23(32)11-4-3-5-14(37-2)18(11)25(21)34;8-2-5-11(6-3-9)14(12)10-4-1-7-13-14;1-12(2)11-10-6-4(5(7)13)8-3-9-6/h9-15,17,26,28,37-39,47,55-56H,7-8,16,18-25H2,1-6H3;3-5,10,13,15,17,22,29,31,33,35-36H,6-9,28H2,1-2H3;1-7H2,(H,10,12);3H,1-2H3,(H2,7,13)(H,8,9)/t28-,37-,38+,39+,42-,43+,44+,45-,46-;10-,13-,15-,17-,22+,27-;;/m00../s1. The van der Waals surface area contributed by atoms with E-state index >= 15 is 4.79 Å². The second-order valence-electron chi connectivity index (χ2n) is 33.7. The summed E-state index contributed by atoms with van der Waals surface area (Å²) in [5, 5.41) is 91.7. The maximum absolute atomic E-state index is 15.2. The van der Waals surface area contributed by atoms with E-state index in [1.165, 1.54) is 69.8 Å². The van der Waals surface area contributed by atoms with Gasteiger partial charge in [-0.05, 0) is 87.6 Å². The van der Waals surface area contributed by atoms with E-state index in [2.05, 4.69) is 40.2 Å². The van der Waals surface area contributed by atoms with Crippen LogP contribution in [-0.2, 0) is 80.4 Å². The maximum Gasteiger partial charge on any atom is 0.344 e. The molecular weight excluding hydrogens is 1700 g/mol. The number of alkyl halides is 2. The lowest BCUT2D eigenvalue weighted by Gasteiger charge is -2.63. The molecule has 37 nitrogen and oxygen atoms in total. The number of rotatable bonds is 21. The van der Waals surface area contributed by atoms with Crippen LogP contribution in [0.2, 0.25) is 0 Å². The molecule has 4 saturated heterocycles. The number of carbonyl (C=O) groups excluding carboxylic acids is 8. The van der Waals surface area contributed by atoms with Gasteiger partial charge in [0, 0.05) is 160 Å². The molecular formula is C86H110Cl2N13O24P. The summed E-state index contributed by atoms with van der Waals surface area (Å²) in [6, 6.07) is 13.7. The van der Waals surface area contributed by atoms with Gasteiger partial charge < -0.3 is 99.8 Å². The van der Waals surface area contributed by atoms with E-state index in [1.807, 2.05) is 62.4 Å². The number of methoxy groups -OCH3 is 4. The van der Waals surface area contributed by atoms with Crippen LogP contribution in [0.3, 0.4) is 0 Å². The number of piperidine rings is 1. The Hall–Kier alpha value is -9.38. The summed E-state index contributed by atoms with van der Waals surface area (Å²) < 4.78 is 60.0. The zero-order chi connectivity index (χ0) is 91.2. The van der Waals surface area contributed by atoms with Crippen molar-refractivity contribution in [3.63, 3.8) is 0 Å². The first-order chi connectivity index (χ1) is 60.0. The van der Waals surface area contributed by atoms with Crippen molar-refractivity contribution in [2.75, 3.05) is 125 Å². The van der Waals surface area contributed by atoms with Gasteiger partial charge in [-0.1, -0.05) is 73.7 Å². The molecule has 2 amide bonds. The molecule has 0 radical (unpaired) electrons. The lowest BCUT2D eigenvalue weighted by atomic mass is 9.47. The lowest BCUT2D eigenvalue weighted by Crippen LogP contribution is -2.81. The number of nitrogens with two attached hydrogens (primary N) is 2. The number of aliphatic hydroxyl groups is 5. The van der Waals surface area contributed by atoms with E-state index in [0.717, 1.165) is 29.4 Å². The van der Waals surface area contributed by atoms with E-state index < -0.39 is 173 Å². The third-order valence-electron chi connectivity index (χ3n) is 26.4. The number of fused-ring (bicyclic) bond motifs is 9. The van der Waals surface area contributed by atoms with Gasteiger partial charge in [-0.15, -0.1) is 28.3 Å². The molecule has 126 heavy (non-hydrogen) atoms. The van der Waals surface area contributed by atoms with Crippen molar-refractivity contribution in [1.82, 2.24) is 39.5 Å². The number of hydrogen-bond acceptors (Lipinski definition) is 30.